The van der Waals surface area contributed by atoms with Gasteiger partial charge in [-0.3, -0.25) is 14.5 Å². The Balaban J connectivity index is 1.97. The number of carbonyl (C=O) groups is 3. The third-order valence-corrected chi connectivity index (χ3v) is 4.21. The van der Waals surface area contributed by atoms with Crippen LogP contribution in [0.5, 0.6) is 0 Å². The van der Waals surface area contributed by atoms with Crippen LogP contribution in [0.4, 0.5) is 0 Å². The summed E-state index contributed by atoms with van der Waals surface area (Å²) in [6, 6.07) is 9.49. The Labute approximate surface area is 122 Å². The first-order valence-electron chi connectivity index (χ1n) is 7.19. The standard InChI is InChI=1S/C16H17NO4/c1-2-21-15(20)16(17-13(18)8-9-14(17)19)10-12(16)11-6-4-3-5-7-11/h3-7,12H,2,8-10H2,1H3/t12-,16-/m1/s1. The molecule has 1 heterocycles. The van der Waals surface area contributed by atoms with Crippen LogP contribution in [0.1, 0.15) is 37.7 Å². The van der Waals surface area contributed by atoms with E-state index in [0.29, 0.717) is 6.42 Å². The highest BCUT2D eigenvalue weighted by atomic mass is 16.5. The minimum Gasteiger partial charge on any atom is -0.464 e. The molecule has 1 aliphatic carbocycles. The first-order valence-corrected chi connectivity index (χ1v) is 7.19. The monoisotopic (exact) mass is 287 g/mol. The van der Waals surface area contributed by atoms with Crippen molar-refractivity contribution in [3.63, 3.8) is 0 Å². The number of hydrogen-bond acceptors (Lipinski definition) is 4. The fourth-order valence-electron chi connectivity index (χ4n) is 3.17. The molecule has 1 saturated heterocycles. The van der Waals surface area contributed by atoms with Crippen LogP contribution in [-0.4, -0.2) is 34.8 Å². The Morgan fingerprint density at radius 3 is 2.43 bits per heavy atom. The molecule has 21 heavy (non-hydrogen) atoms. The zero-order chi connectivity index (χ0) is 15.0. The average molecular weight is 287 g/mol. The number of ether oxygens (including phenoxy) is 1. The van der Waals surface area contributed by atoms with Crippen LogP contribution in [0.3, 0.4) is 0 Å². The summed E-state index contributed by atoms with van der Waals surface area (Å²) in [5, 5.41) is 0. The topological polar surface area (TPSA) is 63.7 Å². The normalized spacial score (nSPS) is 27.9. The van der Waals surface area contributed by atoms with Gasteiger partial charge < -0.3 is 4.74 Å². The molecule has 0 bridgehead atoms. The van der Waals surface area contributed by atoms with Gasteiger partial charge in [0.2, 0.25) is 11.8 Å². The zero-order valence-corrected chi connectivity index (χ0v) is 11.9. The van der Waals surface area contributed by atoms with Gasteiger partial charge >= 0.3 is 5.97 Å². The van der Waals surface area contributed by atoms with Crippen LogP contribution in [0.15, 0.2) is 30.3 Å². The van der Waals surface area contributed by atoms with Gasteiger partial charge in [-0.25, -0.2) is 4.79 Å². The highest BCUT2D eigenvalue weighted by Crippen LogP contribution is 2.57. The Morgan fingerprint density at radius 1 is 1.24 bits per heavy atom. The van der Waals surface area contributed by atoms with Gasteiger partial charge in [0, 0.05) is 18.8 Å². The molecule has 3 rings (SSSR count). The molecule has 0 unspecified atom stereocenters. The van der Waals surface area contributed by atoms with Crippen LogP contribution >= 0.6 is 0 Å². The number of esters is 1. The number of nitrogens with zero attached hydrogens (tertiary/aromatic N) is 1. The summed E-state index contributed by atoms with van der Waals surface area (Å²) < 4.78 is 5.14. The lowest BCUT2D eigenvalue weighted by atomic mass is 10.0. The molecule has 2 amide bonds. The van der Waals surface area contributed by atoms with Crippen LogP contribution in [-0.2, 0) is 19.1 Å². The molecule has 110 valence electrons. The van der Waals surface area contributed by atoms with E-state index in [4.69, 9.17) is 4.74 Å². The van der Waals surface area contributed by atoms with Crippen molar-refractivity contribution in [2.24, 2.45) is 0 Å². The van der Waals surface area contributed by atoms with Crippen molar-refractivity contribution in [2.45, 2.75) is 37.6 Å². The van der Waals surface area contributed by atoms with Crippen molar-refractivity contribution in [1.29, 1.82) is 0 Å². The average Bonchev–Trinajstić information content (AvgIpc) is 3.14. The van der Waals surface area contributed by atoms with Gasteiger partial charge in [0.25, 0.3) is 0 Å². The van der Waals surface area contributed by atoms with Crippen molar-refractivity contribution < 1.29 is 19.1 Å². The van der Waals surface area contributed by atoms with Crippen molar-refractivity contribution in [3.05, 3.63) is 35.9 Å². The molecular weight excluding hydrogens is 270 g/mol. The van der Waals surface area contributed by atoms with Gasteiger partial charge in [0.05, 0.1) is 6.61 Å². The van der Waals surface area contributed by atoms with E-state index >= 15 is 0 Å². The van der Waals surface area contributed by atoms with E-state index in [2.05, 4.69) is 0 Å². The van der Waals surface area contributed by atoms with Crippen molar-refractivity contribution in [2.75, 3.05) is 6.61 Å². The maximum Gasteiger partial charge on any atom is 0.333 e. The largest absolute Gasteiger partial charge is 0.464 e. The van der Waals surface area contributed by atoms with Gasteiger partial charge in [0.15, 0.2) is 5.54 Å². The molecule has 5 nitrogen and oxygen atoms in total. The molecule has 5 heteroatoms. The summed E-state index contributed by atoms with van der Waals surface area (Å²) in [4.78, 5) is 37.7. The highest BCUT2D eigenvalue weighted by Gasteiger charge is 2.69. The SMILES string of the molecule is CCOC(=O)[C@@]1(N2C(=O)CCC2=O)C[C@@H]1c1ccccc1. The second-order valence-electron chi connectivity index (χ2n) is 5.44. The number of rotatable bonds is 4. The van der Waals surface area contributed by atoms with E-state index in [9.17, 15) is 14.4 Å². The Bertz CT molecular complexity index is 582. The summed E-state index contributed by atoms with van der Waals surface area (Å²) in [5.74, 6) is -1.18. The van der Waals surface area contributed by atoms with E-state index in [1.54, 1.807) is 6.92 Å². The predicted molar refractivity (Wildman–Crippen MR) is 74.3 cm³/mol. The number of likely N-dealkylation sites (tertiary alicyclic amines) is 1. The summed E-state index contributed by atoms with van der Waals surface area (Å²) in [6.45, 7) is 1.96. The lowest BCUT2D eigenvalue weighted by Gasteiger charge is -2.25. The van der Waals surface area contributed by atoms with Crippen molar-refractivity contribution in [1.82, 2.24) is 4.90 Å². The Morgan fingerprint density at radius 2 is 1.86 bits per heavy atom. The summed E-state index contributed by atoms with van der Waals surface area (Å²) in [7, 11) is 0. The van der Waals surface area contributed by atoms with E-state index in [0.717, 1.165) is 10.5 Å². The molecule has 0 N–H and O–H groups in total. The molecule has 0 spiro atoms. The number of imide groups is 1. The van der Waals surface area contributed by atoms with E-state index < -0.39 is 11.5 Å². The lowest BCUT2D eigenvalue weighted by Crippen LogP contribution is -2.48. The molecule has 2 fully saturated rings. The van der Waals surface area contributed by atoms with Gasteiger partial charge in [-0.05, 0) is 18.9 Å². The highest BCUT2D eigenvalue weighted by molar-refractivity contribution is 6.08. The summed E-state index contributed by atoms with van der Waals surface area (Å²) >= 11 is 0. The van der Waals surface area contributed by atoms with E-state index in [-0.39, 0.29) is 37.2 Å². The maximum atomic E-state index is 12.4. The second-order valence-corrected chi connectivity index (χ2v) is 5.44. The number of carbonyl (C=O) groups excluding carboxylic acids is 3. The van der Waals surface area contributed by atoms with Crippen molar-refractivity contribution >= 4 is 17.8 Å². The predicted octanol–water partition coefficient (Wildman–Crippen LogP) is 1.62. The number of amides is 2. The molecule has 2 atom stereocenters. The third-order valence-electron chi connectivity index (χ3n) is 4.21. The molecule has 1 aliphatic heterocycles. The maximum absolute atomic E-state index is 12.4. The molecule has 1 aromatic carbocycles. The number of benzene rings is 1. The van der Waals surface area contributed by atoms with Gasteiger partial charge in [-0.2, -0.15) is 0 Å². The quantitative estimate of drug-likeness (QED) is 0.623. The number of hydrogen-bond donors (Lipinski definition) is 0. The van der Waals surface area contributed by atoms with Gasteiger partial charge in [-0.1, -0.05) is 30.3 Å². The van der Waals surface area contributed by atoms with E-state index in [1.165, 1.54) is 0 Å². The minimum atomic E-state index is -1.12. The Hall–Kier alpha value is -2.17. The summed E-state index contributed by atoms with van der Waals surface area (Å²) in [5.41, 5.74) is -0.166. The molecule has 1 aromatic rings. The second kappa shape index (κ2) is 4.98. The minimum absolute atomic E-state index is 0.163. The first-order chi connectivity index (χ1) is 10.1. The van der Waals surface area contributed by atoms with Crippen LogP contribution in [0.25, 0.3) is 0 Å². The van der Waals surface area contributed by atoms with Crippen molar-refractivity contribution in [3.8, 4) is 0 Å². The fourth-order valence-corrected chi connectivity index (χ4v) is 3.17. The van der Waals surface area contributed by atoms with Crippen LogP contribution in [0, 0.1) is 0 Å². The smallest absolute Gasteiger partial charge is 0.333 e. The zero-order valence-electron chi connectivity index (χ0n) is 11.9. The van der Waals surface area contributed by atoms with Gasteiger partial charge in [0.1, 0.15) is 0 Å². The molecule has 0 aromatic heterocycles. The molecule has 2 aliphatic rings. The van der Waals surface area contributed by atoms with Gasteiger partial charge in [-0.15, -0.1) is 0 Å². The first kappa shape index (κ1) is 13.8. The molecule has 1 saturated carbocycles. The molecular formula is C16H17NO4. The van der Waals surface area contributed by atoms with Crippen LogP contribution < -0.4 is 0 Å². The fraction of sp³-hybridized carbons (Fsp3) is 0.438. The van der Waals surface area contributed by atoms with E-state index in [1.807, 2.05) is 30.3 Å². The lowest BCUT2D eigenvalue weighted by molar-refractivity contribution is -0.160. The van der Waals surface area contributed by atoms with Crippen LogP contribution in [0.2, 0.25) is 0 Å². The molecule has 0 radical (unpaired) electrons. The third kappa shape index (κ3) is 2.04. The summed E-state index contributed by atoms with van der Waals surface area (Å²) in [6.07, 6.45) is 0.816. The Kier molecular flexibility index (Phi) is 3.27.